The van der Waals surface area contributed by atoms with Crippen LogP contribution in [0.5, 0.6) is 0 Å². The molecule has 3 nitrogen and oxygen atoms in total. The smallest absolute Gasteiger partial charge is 0.0597 e. The molecule has 0 bridgehead atoms. The highest BCUT2D eigenvalue weighted by Gasteiger charge is 2.28. The van der Waals surface area contributed by atoms with Crippen LogP contribution in [0.3, 0.4) is 0 Å². The van der Waals surface area contributed by atoms with E-state index in [1.165, 1.54) is 38.6 Å². The predicted octanol–water partition coefficient (Wildman–Crippen LogP) is 2.02. The summed E-state index contributed by atoms with van der Waals surface area (Å²) in [6.07, 6.45) is 7.07. The molecule has 2 rings (SSSR count). The van der Waals surface area contributed by atoms with Crippen LogP contribution in [-0.2, 0) is 4.74 Å². The van der Waals surface area contributed by atoms with Crippen molar-refractivity contribution in [3.05, 3.63) is 0 Å². The van der Waals surface area contributed by atoms with E-state index < -0.39 is 0 Å². The average molecular weight is 240 g/mol. The number of hydrogen-bond donors (Lipinski definition) is 1. The molecule has 3 heteroatoms. The van der Waals surface area contributed by atoms with Crippen molar-refractivity contribution in [2.24, 2.45) is 0 Å². The van der Waals surface area contributed by atoms with Crippen molar-refractivity contribution in [2.75, 3.05) is 32.8 Å². The summed E-state index contributed by atoms with van der Waals surface area (Å²) in [6, 6.07) is 0. The molecule has 1 heterocycles. The van der Waals surface area contributed by atoms with E-state index in [1.54, 1.807) is 0 Å². The molecule has 0 aromatic heterocycles. The first-order valence-electron chi connectivity index (χ1n) is 7.31. The fraction of sp³-hybridized carbons (Fsp3) is 1.00. The predicted molar refractivity (Wildman–Crippen MR) is 71.3 cm³/mol. The van der Waals surface area contributed by atoms with Gasteiger partial charge in [0.1, 0.15) is 0 Å². The minimum absolute atomic E-state index is 0.311. The van der Waals surface area contributed by atoms with E-state index in [0.29, 0.717) is 11.6 Å². The zero-order chi connectivity index (χ0) is 12.1. The molecular formula is C14H28N2O. The highest BCUT2D eigenvalue weighted by molar-refractivity contribution is 4.89. The second-order valence-electron chi connectivity index (χ2n) is 5.89. The van der Waals surface area contributed by atoms with Gasteiger partial charge in [0.2, 0.25) is 0 Å². The molecule has 0 amide bonds. The molecule has 0 aromatic rings. The van der Waals surface area contributed by atoms with Gasteiger partial charge in [0.25, 0.3) is 0 Å². The summed E-state index contributed by atoms with van der Waals surface area (Å²) in [7, 11) is 0. The normalized spacial score (nSPS) is 32.1. The number of nitrogens with zero attached hydrogens (tertiary/aromatic N) is 1. The molecule has 0 spiro atoms. The van der Waals surface area contributed by atoms with Crippen LogP contribution < -0.4 is 5.32 Å². The number of rotatable bonds is 5. The number of nitrogens with one attached hydrogen (secondary N) is 1. The van der Waals surface area contributed by atoms with Crippen molar-refractivity contribution < 1.29 is 4.74 Å². The first kappa shape index (κ1) is 13.3. The maximum Gasteiger partial charge on any atom is 0.0597 e. The van der Waals surface area contributed by atoms with Crippen LogP contribution in [0, 0.1) is 0 Å². The van der Waals surface area contributed by atoms with Gasteiger partial charge >= 0.3 is 0 Å². The summed E-state index contributed by atoms with van der Waals surface area (Å²) in [5.74, 6) is 0. The molecule has 2 fully saturated rings. The monoisotopic (exact) mass is 240 g/mol. The Bertz CT molecular complexity index is 228. The molecule has 1 aliphatic heterocycles. The van der Waals surface area contributed by atoms with Crippen molar-refractivity contribution in [3.63, 3.8) is 0 Å². The molecule has 0 radical (unpaired) electrons. The number of ether oxygens (including phenoxy) is 1. The summed E-state index contributed by atoms with van der Waals surface area (Å²) < 4.78 is 5.95. The van der Waals surface area contributed by atoms with Crippen molar-refractivity contribution >= 4 is 0 Å². The van der Waals surface area contributed by atoms with Crippen LogP contribution in [0.25, 0.3) is 0 Å². The van der Waals surface area contributed by atoms with Crippen LogP contribution in [-0.4, -0.2) is 49.3 Å². The fourth-order valence-electron chi connectivity index (χ4n) is 2.98. The summed E-state index contributed by atoms with van der Waals surface area (Å²) in [5, 5.41) is 3.62. The summed E-state index contributed by atoms with van der Waals surface area (Å²) in [5.41, 5.74) is 0.311. The van der Waals surface area contributed by atoms with Crippen LogP contribution in [0.4, 0.5) is 0 Å². The lowest BCUT2D eigenvalue weighted by Crippen LogP contribution is -2.58. The lowest BCUT2D eigenvalue weighted by atomic mass is 9.96. The molecule has 1 saturated heterocycles. The molecule has 2 aliphatic rings. The second kappa shape index (κ2) is 6.17. The van der Waals surface area contributed by atoms with E-state index in [0.717, 1.165) is 26.2 Å². The SMILES string of the molecule is CCC1(C)CN(CCOC2CCCC2)CCN1. The van der Waals surface area contributed by atoms with E-state index in [2.05, 4.69) is 24.1 Å². The van der Waals surface area contributed by atoms with Gasteiger partial charge in [0.15, 0.2) is 0 Å². The lowest BCUT2D eigenvalue weighted by Gasteiger charge is -2.41. The van der Waals surface area contributed by atoms with Gasteiger partial charge in [-0.15, -0.1) is 0 Å². The van der Waals surface area contributed by atoms with Gasteiger partial charge in [-0.1, -0.05) is 19.8 Å². The van der Waals surface area contributed by atoms with Crippen LogP contribution >= 0.6 is 0 Å². The van der Waals surface area contributed by atoms with E-state index in [-0.39, 0.29) is 0 Å². The van der Waals surface area contributed by atoms with Gasteiger partial charge in [-0.05, 0) is 26.2 Å². The van der Waals surface area contributed by atoms with E-state index in [1.807, 2.05) is 0 Å². The van der Waals surface area contributed by atoms with E-state index in [4.69, 9.17) is 4.74 Å². The van der Waals surface area contributed by atoms with Crippen LogP contribution in [0.1, 0.15) is 46.0 Å². The van der Waals surface area contributed by atoms with Gasteiger partial charge in [-0.3, -0.25) is 4.90 Å². The average Bonchev–Trinajstić information content (AvgIpc) is 2.82. The summed E-state index contributed by atoms with van der Waals surface area (Å²) in [6.45, 7) is 10.1. The molecule has 100 valence electrons. The Morgan fingerprint density at radius 2 is 2.12 bits per heavy atom. The first-order chi connectivity index (χ1) is 8.22. The minimum Gasteiger partial charge on any atom is -0.377 e. The third-order valence-electron chi connectivity index (χ3n) is 4.40. The Kier molecular flexibility index (Phi) is 4.83. The Hall–Kier alpha value is -0.120. The minimum atomic E-state index is 0.311. The fourth-order valence-corrected chi connectivity index (χ4v) is 2.98. The molecule has 0 aromatic carbocycles. The van der Waals surface area contributed by atoms with Crippen molar-refractivity contribution in [2.45, 2.75) is 57.6 Å². The molecular weight excluding hydrogens is 212 g/mol. The van der Waals surface area contributed by atoms with Gasteiger partial charge in [0, 0.05) is 31.7 Å². The standard InChI is InChI=1S/C14H28N2O/c1-3-14(2)12-16(9-8-15-14)10-11-17-13-6-4-5-7-13/h13,15H,3-12H2,1-2H3. The molecule has 1 saturated carbocycles. The molecule has 1 unspecified atom stereocenters. The number of hydrogen-bond acceptors (Lipinski definition) is 3. The second-order valence-corrected chi connectivity index (χ2v) is 5.89. The third-order valence-corrected chi connectivity index (χ3v) is 4.40. The third kappa shape index (κ3) is 3.94. The van der Waals surface area contributed by atoms with E-state index in [9.17, 15) is 0 Å². The van der Waals surface area contributed by atoms with Crippen LogP contribution in [0.15, 0.2) is 0 Å². The van der Waals surface area contributed by atoms with Crippen molar-refractivity contribution in [3.8, 4) is 0 Å². The van der Waals surface area contributed by atoms with Gasteiger partial charge in [-0.2, -0.15) is 0 Å². The highest BCUT2D eigenvalue weighted by atomic mass is 16.5. The number of piperazine rings is 1. The van der Waals surface area contributed by atoms with Gasteiger partial charge < -0.3 is 10.1 Å². The quantitative estimate of drug-likeness (QED) is 0.795. The summed E-state index contributed by atoms with van der Waals surface area (Å²) >= 11 is 0. The molecule has 1 aliphatic carbocycles. The Balaban J connectivity index is 1.64. The Morgan fingerprint density at radius 3 is 2.82 bits per heavy atom. The maximum absolute atomic E-state index is 5.95. The Labute approximate surface area is 106 Å². The molecule has 17 heavy (non-hydrogen) atoms. The van der Waals surface area contributed by atoms with Crippen LogP contribution in [0.2, 0.25) is 0 Å². The largest absolute Gasteiger partial charge is 0.377 e. The van der Waals surface area contributed by atoms with Crippen molar-refractivity contribution in [1.82, 2.24) is 10.2 Å². The summed E-state index contributed by atoms with van der Waals surface area (Å²) in [4.78, 5) is 2.55. The zero-order valence-electron chi connectivity index (χ0n) is 11.5. The van der Waals surface area contributed by atoms with Gasteiger partial charge in [0.05, 0.1) is 12.7 Å². The first-order valence-corrected chi connectivity index (χ1v) is 7.31. The molecule has 1 N–H and O–H groups in total. The van der Waals surface area contributed by atoms with Crippen molar-refractivity contribution in [1.29, 1.82) is 0 Å². The Morgan fingerprint density at radius 1 is 1.35 bits per heavy atom. The lowest BCUT2D eigenvalue weighted by molar-refractivity contribution is 0.0303. The zero-order valence-corrected chi connectivity index (χ0v) is 11.5. The van der Waals surface area contributed by atoms with Gasteiger partial charge in [-0.25, -0.2) is 0 Å². The van der Waals surface area contributed by atoms with E-state index >= 15 is 0 Å². The molecule has 1 atom stereocenters. The highest BCUT2D eigenvalue weighted by Crippen LogP contribution is 2.21. The topological polar surface area (TPSA) is 24.5 Å². The maximum atomic E-state index is 5.95.